The van der Waals surface area contributed by atoms with Gasteiger partial charge in [0.15, 0.2) is 0 Å². The highest BCUT2D eigenvalue weighted by Crippen LogP contribution is 2.29. The minimum absolute atomic E-state index is 0.0648. The number of nitriles is 1. The largest absolute Gasteiger partial charge is 0.394 e. The molecule has 108 valence electrons. The van der Waals surface area contributed by atoms with Gasteiger partial charge in [-0.05, 0) is 31.0 Å². The summed E-state index contributed by atoms with van der Waals surface area (Å²) in [7, 11) is -3.72. The van der Waals surface area contributed by atoms with Crippen molar-refractivity contribution in [2.24, 2.45) is 0 Å². The summed E-state index contributed by atoms with van der Waals surface area (Å²) in [5, 5.41) is 18.4. The van der Waals surface area contributed by atoms with Gasteiger partial charge in [-0.15, -0.1) is 0 Å². The summed E-state index contributed by atoms with van der Waals surface area (Å²) in [6.45, 7) is -0.204. The zero-order valence-corrected chi connectivity index (χ0v) is 12.0. The second-order valence-electron chi connectivity index (χ2n) is 5.24. The van der Waals surface area contributed by atoms with Crippen molar-refractivity contribution in [2.45, 2.75) is 42.5 Å². The summed E-state index contributed by atoms with van der Waals surface area (Å²) in [5.74, 6) is 0. The standard InChI is InChI=1S/C14H18N2O3S/c15-10-12-5-4-6-13(9-12)20(18,19)16-14(11-17)7-2-1-3-8-14/h4-6,9,16-17H,1-3,7-8,11H2. The van der Waals surface area contributed by atoms with Crippen LogP contribution in [0.4, 0.5) is 0 Å². The van der Waals surface area contributed by atoms with E-state index < -0.39 is 15.6 Å². The minimum Gasteiger partial charge on any atom is -0.394 e. The molecule has 0 spiro atoms. The van der Waals surface area contributed by atoms with E-state index in [1.807, 2.05) is 6.07 Å². The smallest absolute Gasteiger partial charge is 0.241 e. The van der Waals surface area contributed by atoms with Crippen LogP contribution < -0.4 is 4.72 Å². The number of rotatable bonds is 4. The predicted octanol–water partition coefficient (Wildman–Crippen LogP) is 1.53. The van der Waals surface area contributed by atoms with E-state index in [0.29, 0.717) is 18.4 Å². The fourth-order valence-corrected chi connectivity index (χ4v) is 4.09. The Balaban J connectivity index is 2.28. The Morgan fingerprint density at radius 2 is 2.00 bits per heavy atom. The molecule has 0 aromatic heterocycles. The van der Waals surface area contributed by atoms with Crippen LogP contribution in [0.3, 0.4) is 0 Å². The van der Waals surface area contributed by atoms with Gasteiger partial charge in [-0.3, -0.25) is 0 Å². The van der Waals surface area contributed by atoms with Crippen LogP contribution in [0.5, 0.6) is 0 Å². The molecule has 0 radical (unpaired) electrons. The van der Waals surface area contributed by atoms with E-state index in [1.165, 1.54) is 12.1 Å². The molecule has 0 atom stereocenters. The lowest BCUT2D eigenvalue weighted by Gasteiger charge is -2.36. The first-order valence-electron chi connectivity index (χ1n) is 6.66. The van der Waals surface area contributed by atoms with E-state index in [0.717, 1.165) is 19.3 Å². The first kappa shape index (κ1) is 15.0. The zero-order valence-electron chi connectivity index (χ0n) is 11.2. The molecule has 1 aromatic rings. The van der Waals surface area contributed by atoms with Crippen LogP contribution in [-0.4, -0.2) is 25.7 Å². The molecular weight excluding hydrogens is 276 g/mol. The van der Waals surface area contributed by atoms with Crippen molar-refractivity contribution in [3.63, 3.8) is 0 Å². The maximum Gasteiger partial charge on any atom is 0.241 e. The van der Waals surface area contributed by atoms with Crippen molar-refractivity contribution in [3.8, 4) is 6.07 Å². The SMILES string of the molecule is N#Cc1cccc(S(=O)(=O)NC2(CO)CCCCC2)c1. The van der Waals surface area contributed by atoms with Gasteiger partial charge in [0, 0.05) is 0 Å². The van der Waals surface area contributed by atoms with Crippen LogP contribution >= 0.6 is 0 Å². The van der Waals surface area contributed by atoms with Crippen LogP contribution in [0.1, 0.15) is 37.7 Å². The molecule has 6 heteroatoms. The number of aliphatic hydroxyl groups is 1. The number of hydrogen-bond acceptors (Lipinski definition) is 4. The normalized spacial score (nSPS) is 18.4. The van der Waals surface area contributed by atoms with Crippen molar-refractivity contribution in [2.75, 3.05) is 6.61 Å². The molecule has 1 aliphatic rings. The molecule has 0 saturated heterocycles. The Hall–Kier alpha value is -1.42. The van der Waals surface area contributed by atoms with Gasteiger partial charge in [-0.25, -0.2) is 13.1 Å². The summed E-state index contributed by atoms with van der Waals surface area (Å²) >= 11 is 0. The maximum atomic E-state index is 12.4. The first-order valence-corrected chi connectivity index (χ1v) is 8.15. The molecule has 1 saturated carbocycles. The van der Waals surface area contributed by atoms with Gasteiger partial charge < -0.3 is 5.11 Å². The van der Waals surface area contributed by atoms with Crippen molar-refractivity contribution < 1.29 is 13.5 Å². The van der Waals surface area contributed by atoms with Crippen molar-refractivity contribution in [1.82, 2.24) is 4.72 Å². The fraction of sp³-hybridized carbons (Fsp3) is 0.500. The lowest BCUT2D eigenvalue weighted by molar-refractivity contribution is 0.142. The van der Waals surface area contributed by atoms with Crippen LogP contribution in [0, 0.1) is 11.3 Å². The van der Waals surface area contributed by atoms with Crippen LogP contribution in [0.25, 0.3) is 0 Å². The Morgan fingerprint density at radius 3 is 2.60 bits per heavy atom. The van der Waals surface area contributed by atoms with Crippen LogP contribution in [-0.2, 0) is 10.0 Å². The molecule has 1 aliphatic carbocycles. The molecule has 0 heterocycles. The Morgan fingerprint density at radius 1 is 1.30 bits per heavy atom. The van der Waals surface area contributed by atoms with E-state index in [2.05, 4.69) is 4.72 Å². The van der Waals surface area contributed by atoms with E-state index >= 15 is 0 Å². The van der Waals surface area contributed by atoms with Crippen LogP contribution in [0.2, 0.25) is 0 Å². The van der Waals surface area contributed by atoms with Gasteiger partial charge in [0.25, 0.3) is 0 Å². The molecule has 0 unspecified atom stereocenters. The van der Waals surface area contributed by atoms with Gasteiger partial charge in [0.05, 0.1) is 28.7 Å². The summed E-state index contributed by atoms with van der Waals surface area (Å²) in [4.78, 5) is 0.0648. The van der Waals surface area contributed by atoms with E-state index in [-0.39, 0.29) is 11.5 Å². The quantitative estimate of drug-likeness (QED) is 0.881. The average Bonchev–Trinajstić information content (AvgIpc) is 2.48. The number of nitrogens with one attached hydrogen (secondary N) is 1. The number of sulfonamides is 1. The van der Waals surface area contributed by atoms with Gasteiger partial charge >= 0.3 is 0 Å². The highest BCUT2D eigenvalue weighted by atomic mass is 32.2. The second-order valence-corrected chi connectivity index (χ2v) is 6.93. The third-order valence-electron chi connectivity index (χ3n) is 3.74. The van der Waals surface area contributed by atoms with E-state index in [1.54, 1.807) is 12.1 Å². The maximum absolute atomic E-state index is 12.4. The van der Waals surface area contributed by atoms with E-state index in [9.17, 15) is 13.5 Å². The number of hydrogen-bond donors (Lipinski definition) is 2. The molecule has 5 nitrogen and oxygen atoms in total. The Bertz CT molecular complexity index is 614. The summed E-state index contributed by atoms with van der Waals surface area (Å²) in [6.07, 6.45) is 4.15. The molecule has 0 amide bonds. The molecular formula is C14H18N2O3S. The van der Waals surface area contributed by atoms with Gasteiger partial charge in [-0.1, -0.05) is 25.3 Å². The summed E-state index contributed by atoms with van der Waals surface area (Å²) < 4.78 is 27.4. The Kier molecular flexibility index (Phi) is 4.43. The topological polar surface area (TPSA) is 90.2 Å². The molecule has 0 bridgehead atoms. The fourth-order valence-electron chi connectivity index (χ4n) is 2.60. The van der Waals surface area contributed by atoms with Crippen LogP contribution in [0.15, 0.2) is 29.2 Å². The highest BCUT2D eigenvalue weighted by molar-refractivity contribution is 7.89. The molecule has 20 heavy (non-hydrogen) atoms. The van der Waals surface area contributed by atoms with Gasteiger partial charge in [-0.2, -0.15) is 5.26 Å². The number of aliphatic hydroxyl groups excluding tert-OH is 1. The molecule has 1 fully saturated rings. The second kappa shape index (κ2) is 5.92. The number of nitrogens with zero attached hydrogens (tertiary/aromatic N) is 1. The first-order chi connectivity index (χ1) is 9.51. The zero-order chi connectivity index (χ0) is 14.6. The summed E-state index contributed by atoms with van der Waals surface area (Å²) in [6, 6.07) is 7.82. The average molecular weight is 294 g/mol. The molecule has 2 N–H and O–H groups in total. The van der Waals surface area contributed by atoms with E-state index in [4.69, 9.17) is 5.26 Å². The predicted molar refractivity (Wildman–Crippen MR) is 74.4 cm³/mol. The lowest BCUT2D eigenvalue weighted by atomic mass is 9.83. The van der Waals surface area contributed by atoms with Gasteiger partial charge in [0.2, 0.25) is 10.0 Å². The monoisotopic (exact) mass is 294 g/mol. The minimum atomic E-state index is -3.72. The lowest BCUT2D eigenvalue weighted by Crippen LogP contribution is -2.52. The highest BCUT2D eigenvalue weighted by Gasteiger charge is 2.35. The Labute approximate surface area is 119 Å². The summed E-state index contributed by atoms with van der Waals surface area (Å²) in [5.41, 5.74) is -0.464. The molecule has 0 aliphatic heterocycles. The van der Waals surface area contributed by atoms with Crippen molar-refractivity contribution in [3.05, 3.63) is 29.8 Å². The van der Waals surface area contributed by atoms with Gasteiger partial charge in [0.1, 0.15) is 0 Å². The number of benzene rings is 1. The van der Waals surface area contributed by atoms with Crippen molar-refractivity contribution >= 4 is 10.0 Å². The molecule has 1 aromatic carbocycles. The molecule has 2 rings (SSSR count). The third kappa shape index (κ3) is 3.18. The third-order valence-corrected chi connectivity index (χ3v) is 5.31. The van der Waals surface area contributed by atoms with Crippen molar-refractivity contribution in [1.29, 1.82) is 5.26 Å².